The molecule has 0 radical (unpaired) electrons. The lowest BCUT2D eigenvalue weighted by Gasteiger charge is -2.24. The maximum absolute atomic E-state index is 11.7. The van der Waals surface area contributed by atoms with Crippen LogP contribution < -0.4 is 10.6 Å². The first-order valence-electron chi connectivity index (χ1n) is 7.38. The van der Waals surface area contributed by atoms with Crippen molar-refractivity contribution in [3.05, 3.63) is 0 Å². The monoisotopic (exact) mass is 254 g/mol. The average Bonchev–Trinajstić information content (AvgIpc) is 2.83. The molecule has 0 bridgehead atoms. The molecule has 1 heterocycles. The van der Waals surface area contributed by atoms with Crippen molar-refractivity contribution in [2.45, 2.75) is 57.0 Å². The molecule has 4 nitrogen and oxygen atoms in total. The molecule has 0 spiro atoms. The van der Waals surface area contributed by atoms with Crippen LogP contribution in [0.4, 0.5) is 0 Å². The van der Waals surface area contributed by atoms with Gasteiger partial charge in [0.1, 0.15) is 0 Å². The summed E-state index contributed by atoms with van der Waals surface area (Å²) in [6.45, 7) is 2.62. The van der Waals surface area contributed by atoms with E-state index in [4.69, 9.17) is 0 Å². The van der Waals surface area contributed by atoms with Crippen LogP contribution in [0.2, 0.25) is 0 Å². The van der Waals surface area contributed by atoms with E-state index in [-0.39, 0.29) is 5.91 Å². The quantitative estimate of drug-likeness (QED) is 0.690. The molecule has 0 aromatic rings. The van der Waals surface area contributed by atoms with Gasteiger partial charge in [0, 0.05) is 13.0 Å². The highest BCUT2D eigenvalue weighted by atomic mass is 16.3. The van der Waals surface area contributed by atoms with E-state index < -0.39 is 5.60 Å². The predicted molar refractivity (Wildman–Crippen MR) is 71.3 cm³/mol. The van der Waals surface area contributed by atoms with Crippen LogP contribution in [0.25, 0.3) is 0 Å². The Kier molecular flexibility index (Phi) is 5.01. The molecule has 2 rings (SSSR count). The van der Waals surface area contributed by atoms with Crippen LogP contribution in [-0.2, 0) is 4.79 Å². The Labute approximate surface area is 110 Å². The van der Waals surface area contributed by atoms with Gasteiger partial charge in [0.05, 0.1) is 5.60 Å². The number of aliphatic hydroxyl groups is 1. The van der Waals surface area contributed by atoms with Crippen molar-refractivity contribution in [3.63, 3.8) is 0 Å². The summed E-state index contributed by atoms with van der Waals surface area (Å²) in [5, 5.41) is 16.4. The van der Waals surface area contributed by atoms with Crippen molar-refractivity contribution in [2.24, 2.45) is 5.92 Å². The molecule has 2 fully saturated rings. The van der Waals surface area contributed by atoms with E-state index in [1.807, 2.05) is 0 Å². The van der Waals surface area contributed by atoms with Crippen molar-refractivity contribution in [1.29, 1.82) is 0 Å². The Bertz CT molecular complexity index is 269. The van der Waals surface area contributed by atoms with E-state index in [2.05, 4.69) is 10.6 Å². The second kappa shape index (κ2) is 6.53. The molecule has 1 aliphatic heterocycles. The molecule has 0 atom stereocenters. The Morgan fingerprint density at radius 3 is 2.61 bits per heavy atom. The topological polar surface area (TPSA) is 61.4 Å². The molecular weight excluding hydrogens is 228 g/mol. The van der Waals surface area contributed by atoms with Crippen molar-refractivity contribution >= 4 is 5.91 Å². The average molecular weight is 254 g/mol. The predicted octanol–water partition coefficient (Wildman–Crippen LogP) is 1.19. The van der Waals surface area contributed by atoms with Crippen LogP contribution in [0, 0.1) is 5.92 Å². The first kappa shape index (κ1) is 13.8. The SMILES string of the molecule is O=C(CCC1CCNCC1)NCC1(O)CCCC1. The van der Waals surface area contributed by atoms with Gasteiger partial charge in [0.15, 0.2) is 0 Å². The Balaban J connectivity index is 1.59. The number of rotatable bonds is 5. The summed E-state index contributed by atoms with van der Waals surface area (Å²) in [4.78, 5) is 11.7. The molecule has 4 heteroatoms. The normalized spacial score (nSPS) is 24.1. The number of carbonyl (C=O) groups is 1. The Hall–Kier alpha value is -0.610. The zero-order chi connectivity index (χ0) is 12.8. The largest absolute Gasteiger partial charge is 0.388 e. The number of hydrogen-bond donors (Lipinski definition) is 3. The number of carbonyl (C=O) groups excluding carboxylic acids is 1. The lowest BCUT2D eigenvalue weighted by Crippen LogP contribution is -2.40. The molecule has 18 heavy (non-hydrogen) atoms. The van der Waals surface area contributed by atoms with Crippen molar-refractivity contribution in [3.8, 4) is 0 Å². The Morgan fingerprint density at radius 2 is 1.94 bits per heavy atom. The third-order valence-electron chi connectivity index (χ3n) is 4.39. The molecule has 0 aromatic heterocycles. The summed E-state index contributed by atoms with van der Waals surface area (Å²) < 4.78 is 0. The molecule has 3 N–H and O–H groups in total. The minimum Gasteiger partial charge on any atom is -0.388 e. The van der Waals surface area contributed by atoms with Gasteiger partial charge in [-0.25, -0.2) is 0 Å². The smallest absolute Gasteiger partial charge is 0.220 e. The lowest BCUT2D eigenvalue weighted by molar-refractivity contribution is -0.122. The second-order valence-electron chi connectivity index (χ2n) is 5.94. The molecule has 1 saturated heterocycles. The number of hydrogen-bond acceptors (Lipinski definition) is 3. The van der Waals surface area contributed by atoms with Crippen LogP contribution in [0.3, 0.4) is 0 Å². The number of nitrogens with one attached hydrogen (secondary N) is 2. The van der Waals surface area contributed by atoms with Crippen molar-refractivity contribution in [1.82, 2.24) is 10.6 Å². The molecular formula is C14H26N2O2. The fourth-order valence-electron chi connectivity index (χ4n) is 3.07. The van der Waals surface area contributed by atoms with Gasteiger partial charge < -0.3 is 15.7 Å². The first-order valence-corrected chi connectivity index (χ1v) is 7.38. The van der Waals surface area contributed by atoms with Gasteiger partial charge in [-0.15, -0.1) is 0 Å². The number of piperidine rings is 1. The van der Waals surface area contributed by atoms with Crippen LogP contribution in [0.5, 0.6) is 0 Å². The minimum absolute atomic E-state index is 0.105. The van der Waals surface area contributed by atoms with Crippen LogP contribution in [0.15, 0.2) is 0 Å². The molecule has 0 aromatic carbocycles. The van der Waals surface area contributed by atoms with Gasteiger partial charge in [-0.1, -0.05) is 12.8 Å². The van der Waals surface area contributed by atoms with Crippen LogP contribution >= 0.6 is 0 Å². The van der Waals surface area contributed by atoms with Gasteiger partial charge in [-0.2, -0.15) is 0 Å². The molecule has 0 unspecified atom stereocenters. The summed E-state index contributed by atoms with van der Waals surface area (Å²) in [6, 6.07) is 0. The van der Waals surface area contributed by atoms with E-state index >= 15 is 0 Å². The third kappa shape index (κ3) is 4.25. The zero-order valence-electron chi connectivity index (χ0n) is 11.2. The van der Waals surface area contributed by atoms with Gasteiger partial charge in [-0.05, 0) is 51.1 Å². The second-order valence-corrected chi connectivity index (χ2v) is 5.94. The van der Waals surface area contributed by atoms with E-state index in [9.17, 15) is 9.90 Å². The van der Waals surface area contributed by atoms with Gasteiger partial charge in [0.25, 0.3) is 0 Å². The van der Waals surface area contributed by atoms with E-state index in [1.165, 1.54) is 12.8 Å². The first-order chi connectivity index (χ1) is 8.68. The van der Waals surface area contributed by atoms with Gasteiger partial charge in [0.2, 0.25) is 5.91 Å². The van der Waals surface area contributed by atoms with Gasteiger partial charge >= 0.3 is 0 Å². The van der Waals surface area contributed by atoms with Crippen molar-refractivity contribution < 1.29 is 9.90 Å². The molecule has 1 aliphatic carbocycles. The maximum Gasteiger partial charge on any atom is 0.220 e. The summed E-state index contributed by atoms with van der Waals surface area (Å²) in [7, 11) is 0. The third-order valence-corrected chi connectivity index (χ3v) is 4.39. The molecule has 1 amide bonds. The zero-order valence-corrected chi connectivity index (χ0v) is 11.2. The number of amides is 1. The van der Waals surface area contributed by atoms with Crippen LogP contribution in [0.1, 0.15) is 51.4 Å². The maximum atomic E-state index is 11.7. The van der Waals surface area contributed by atoms with Gasteiger partial charge in [-0.3, -0.25) is 4.79 Å². The molecule has 1 saturated carbocycles. The van der Waals surface area contributed by atoms with E-state index in [0.29, 0.717) is 18.9 Å². The minimum atomic E-state index is -0.621. The highest BCUT2D eigenvalue weighted by Gasteiger charge is 2.31. The van der Waals surface area contributed by atoms with E-state index in [1.54, 1.807) is 0 Å². The fourth-order valence-corrected chi connectivity index (χ4v) is 3.07. The summed E-state index contributed by atoms with van der Waals surface area (Å²) >= 11 is 0. The molecule has 104 valence electrons. The lowest BCUT2D eigenvalue weighted by atomic mass is 9.93. The highest BCUT2D eigenvalue weighted by Crippen LogP contribution is 2.28. The fraction of sp³-hybridized carbons (Fsp3) is 0.929. The molecule has 2 aliphatic rings. The Morgan fingerprint density at radius 1 is 1.28 bits per heavy atom. The standard InChI is InChI=1S/C14H26N2O2/c17-13(4-3-12-5-9-15-10-6-12)16-11-14(18)7-1-2-8-14/h12,15,18H,1-11H2,(H,16,17). The summed E-state index contributed by atoms with van der Waals surface area (Å²) in [5.74, 6) is 0.806. The van der Waals surface area contributed by atoms with Crippen LogP contribution in [-0.4, -0.2) is 36.2 Å². The van der Waals surface area contributed by atoms with Crippen molar-refractivity contribution in [2.75, 3.05) is 19.6 Å². The van der Waals surface area contributed by atoms with E-state index in [0.717, 1.165) is 45.2 Å². The summed E-state index contributed by atoms with van der Waals surface area (Å²) in [5.41, 5.74) is -0.621. The summed E-state index contributed by atoms with van der Waals surface area (Å²) in [6.07, 6.45) is 7.83. The highest BCUT2D eigenvalue weighted by molar-refractivity contribution is 5.75.